The molecule has 3 nitrogen and oxygen atoms in total. The monoisotopic (exact) mass is 485 g/mol. The van der Waals surface area contributed by atoms with E-state index in [2.05, 4.69) is 11.9 Å². The molecule has 2 aliphatic carbocycles. The molecule has 0 atom stereocenters. The van der Waals surface area contributed by atoms with E-state index in [9.17, 15) is 8.78 Å². The number of benzene rings is 2. The predicted octanol–water partition coefficient (Wildman–Crippen LogP) is 9.12. The second-order valence-corrected chi connectivity index (χ2v) is 10.4. The number of hydrogen-bond donors (Lipinski definition) is 0. The van der Waals surface area contributed by atoms with Crippen LogP contribution in [0.4, 0.5) is 13.2 Å². The van der Waals surface area contributed by atoms with E-state index in [0.717, 1.165) is 37.5 Å². The summed E-state index contributed by atoms with van der Waals surface area (Å²) in [5.41, 5.74) is 1.67. The van der Waals surface area contributed by atoms with Crippen LogP contribution in [-0.2, 0) is 0 Å². The molecule has 6 heteroatoms. The molecule has 1 aromatic heterocycles. The normalized spacial score (nSPS) is 25.3. The smallest absolute Gasteiger partial charge is 0.387 e. The van der Waals surface area contributed by atoms with Crippen LogP contribution in [0.25, 0.3) is 22.6 Å². The lowest BCUT2D eigenvalue weighted by atomic mass is 9.68. The SMILES string of the molecule is CCC[C@H]1CC[C@H](C2CCC(c3ccc(-c4nc5ccccc5o4)c(OC(F)F)c3F)CC2)CC1. The van der Waals surface area contributed by atoms with Crippen LogP contribution < -0.4 is 4.74 Å². The minimum absolute atomic E-state index is 0.0142. The molecule has 0 amide bonds. The summed E-state index contributed by atoms with van der Waals surface area (Å²) in [5, 5.41) is 0. The van der Waals surface area contributed by atoms with Crippen LogP contribution in [0.15, 0.2) is 40.8 Å². The van der Waals surface area contributed by atoms with Crippen molar-refractivity contribution in [3.63, 3.8) is 0 Å². The first kappa shape index (κ1) is 24.2. The standard InChI is InChI=1S/C29H34F3NO2/c1-2-5-18-8-10-19(11-9-18)20-12-14-21(15-13-20)22-16-17-23(27(26(22)30)35-29(31)32)28-33-24-6-3-4-7-25(24)34-28/h3-4,6-7,16-21,29H,2,5,8-15H2,1H3/t18-,19-,20?,21?. The van der Waals surface area contributed by atoms with Crippen molar-refractivity contribution in [3.8, 4) is 17.2 Å². The highest BCUT2D eigenvalue weighted by molar-refractivity contribution is 5.77. The Hall–Kier alpha value is -2.50. The Morgan fingerprint density at radius 2 is 1.63 bits per heavy atom. The molecule has 0 N–H and O–H groups in total. The van der Waals surface area contributed by atoms with Crippen LogP contribution in [0.1, 0.15) is 82.6 Å². The van der Waals surface area contributed by atoms with E-state index in [0.29, 0.717) is 22.6 Å². The van der Waals surface area contributed by atoms with Gasteiger partial charge in [0.05, 0.1) is 5.56 Å². The number of alkyl halides is 2. The number of ether oxygens (including phenoxy) is 1. The van der Waals surface area contributed by atoms with Crippen molar-refractivity contribution < 1.29 is 22.3 Å². The van der Waals surface area contributed by atoms with Crippen molar-refractivity contribution in [3.05, 3.63) is 47.8 Å². The second-order valence-electron chi connectivity index (χ2n) is 10.4. The Morgan fingerprint density at radius 3 is 2.29 bits per heavy atom. The van der Waals surface area contributed by atoms with Gasteiger partial charge in [-0.2, -0.15) is 8.78 Å². The third-order valence-corrected chi connectivity index (χ3v) is 8.32. The number of nitrogens with zero attached hydrogens (tertiary/aromatic N) is 1. The lowest BCUT2D eigenvalue weighted by Crippen LogP contribution is -2.25. The van der Waals surface area contributed by atoms with Crippen molar-refractivity contribution in [2.24, 2.45) is 17.8 Å². The molecule has 3 aromatic rings. The Balaban J connectivity index is 1.32. The minimum Gasteiger partial charge on any atom is -0.436 e. The zero-order valence-corrected chi connectivity index (χ0v) is 20.3. The van der Waals surface area contributed by atoms with Crippen molar-refractivity contribution in [2.45, 2.75) is 83.7 Å². The van der Waals surface area contributed by atoms with Gasteiger partial charge < -0.3 is 9.15 Å². The summed E-state index contributed by atoms with van der Waals surface area (Å²) in [7, 11) is 0. The summed E-state index contributed by atoms with van der Waals surface area (Å²) in [4.78, 5) is 4.35. The van der Waals surface area contributed by atoms with Crippen LogP contribution in [0.2, 0.25) is 0 Å². The molecule has 0 unspecified atom stereocenters. The van der Waals surface area contributed by atoms with Crippen molar-refractivity contribution in [1.82, 2.24) is 4.98 Å². The third kappa shape index (κ3) is 5.22. The molecule has 0 bridgehead atoms. The highest BCUT2D eigenvalue weighted by Crippen LogP contribution is 2.46. The van der Waals surface area contributed by atoms with E-state index in [-0.39, 0.29) is 17.4 Å². The summed E-state index contributed by atoms with van der Waals surface area (Å²) >= 11 is 0. The molecule has 2 aliphatic rings. The molecule has 5 rings (SSSR count). The van der Waals surface area contributed by atoms with Gasteiger partial charge in [-0.15, -0.1) is 0 Å². The Morgan fingerprint density at radius 1 is 0.943 bits per heavy atom. The van der Waals surface area contributed by atoms with Gasteiger partial charge in [0.2, 0.25) is 5.89 Å². The van der Waals surface area contributed by atoms with Gasteiger partial charge in [-0.05, 0) is 86.0 Å². The maximum absolute atomic E-state index is 15.7. The minimum atomic E-state index is -3.14. The molecular weight excluding hydrogens is 451 g/mol. The highest BCUT2D eigenvalue weighted by atomic mass is 19.3. The van der Waals surface area contributed by atoms with E-state index >= 15 is 4.39 Å². The maximum Gasteiger partial charge on any atom is 0.387 e. The molecular formula is C29H34F3NO2. The van der Waals surface area contributed by atoms with Gasteiger partial charge in [0, 0.05) is 0 Å². The first-order chi connectivity index (χ1) is 17.0. The number of halogens is 3. The van der Waals surface area contributed by atoms with Gasteiger partial charge in [-0.25, -0.2) is 9.37 Å². The average molecular weight is 486 g/mol. The van der Waals surface area contributed by atoms with Crippen LogP contribution in [0.3, 0.4) is 0 Å². The van der Waals surface area contributed by atoms with Gasteiger partial charge in [0.25, 0.3) is 0 Å². The van der Waals surface area contributed by atoms with E-state index < -0.39 is 18.2 Å². The number of aromatic nitrogens is 1. The van der Waals surface area contributed by atoms with Gasteiger partial charge in [0.15, 0.2) is 17.1 Å². The van der Waals surface area contributed by atoms with Crippen LogP contribution in [-0.4, -0.2) is 11.6 Å². The van der Waals surface area contributed by atoms with Crippen molar-refractivity contribution in [1.29, 1.82) is 0 Å². The summed E-state index contributed by atoms with van der Waals surface area (Å²) in [6.45, 7) is -0.870. The third-order valence-electron chi connectivity index (χ3n) is 8.32. The van der Waals surface area contributed by atoms with Crippen LogP contribution in [0.5, 0.6) is 5.75 Å². The molecule has 2 aromatic carbocycles. The Bertz CT molecular complexity index is 1100. The number of hydrogen-bond acceptors (Lipinski definition) is 3. The molecule has 0 spiro atoms. The molecule has 0 aliphatic heterocycles. The molecule has 0 saturated heterocycles. The molecule has 2 fully saturated rings. The predicted molar refractivity (Wildman–Crippen MR) is 131 cm³/mol. The largest absolute Gasteiger partial charge is 0.436 e. The first-order valence-electron chi connectivity index (χ1n) is 13.2. The van der Waals surface area contributed by atoms with Gasteiger partial charge >= 0.3 is 6.61 Å². The Kier molecular flexibility index (Phi) is 7.35. The highest BCUT2D eigenvalue weighted by Gasteiger charge is 2.33. The maximum atomic E-state index is 15.7. The summed E-state index contributed by atoms with van der Waals surface area (Å²) in [6, 6.07) is 10.4. The second kappa shape index (κ2) is 10.6. The van der Waals surface area contributed by atoms with E-state index in [1.165, 1.54) is 38.5 Å². The first-order valence-corrected chi connectivity index (χ1v) is 13.2. The topological polar surface area (TPSA) is 35.3 Å². The van der Waals surface area contributed by atoms with Crippen LogP contribution >= 0.6 is 0 Å². The fourth-order valence-corrected chi connectivity index (χ4v) is 6.50. The van der Waals surface area contributed by atoms with E-state index in [1.54, 1.807) is 30.3 Å². The van der Waals surface area contributed by atoms with Gasteiger partial charge in [-0.3, -0.25) is 0 Å². The summed E-state index contributed by atoms with van der Waals surface area (Å²) in [6.07, 6.45) is 11.9. The molecule has 0 radical (unpaired) electrons. The fraction of sp³-hybridized carbons (Fsp3) is 0.552. The fourth-order valence-electron chi connectivity index (χ4n) is 6.50. The van der Waals surface area contributed by atoms with E-state index in [1.807, 2.05) is 6.07 Å². The van der Waals surface area contributed by atoms with Crippen LogP contribution in [0, 0.1) is 23.6 Å². The van der Waals surface area contributed by atoms with Gasteiger partial charge in [-0.1, -0.05) is 50.8 Å². The van der Waals surface area contributed by atoms with Gasteiger partial charge in [0.1, 0.15) is 5.52 Å². The van der Waals surface area contributed by atoms with Crippen molar-refractivity contribution in [2.75, 3.05) is 0 Å². The zero-order chi connectivity index (χ0) is 24.4. The summed E-state index contributed by atoms with van der Waals surface area (Å²) in [5.74, 6) is 1.29. The number of oxazole rings is 1. The molecule has 2 saturated carbocycles. The Labute approximate surface area is 205 Å². The average Bonchev–Trinajstić information content (AvgIpc) is 3.30. The summed E-state index contributed by atoms with van der Waals surface area (Å²) < 4.78 is 52.6. The van der Waals surface area contributed by atoms with Crippen molar-refractivity contribution >= 4 is 11.1 Å². The quantitative estimate of drug-likeness (QED) is 0.335. The number of fused-ring (bicyclic) bond motifs is 1. The number of rotatable bonds is 7. The lowest BCUT2D eigenvalue weighted by Gasteiger charge is -2.38. The molecule has 1 heterocycles. The molecule has 188 valence electrons. The lowest BCUT2D eigenvalue weighted by molar-refractivity contribution is -0.0519. The molecule has 35 heavy (non-hydrogen) atoms. The van der Waals surface area contributed by atoms with E-state index in [4.69, 9.17) is 9.15 Å². The number of para-hydroxylation sites is 2. The zero-order valence-electron chi connectivity index (χ0n) is 20.3.